The zero-order chi connectivity index (χ0) is 16.8. The third-order valence-corrected chi connectivity index (χ3v) is 3.25. The molecule has 2 rings (SSSR count). The molecule has 1 aromatic carbocycles. The largest absolute Gasteiger partial charge is 0.465 e. The second-order valence-corrected chi connectivity index (χ2v) is 5.27. The van der Waals surface area contributed by atoms with Crippen molar-refractivity contribution in [2.75, 3.05) is 13.2 Å². The van der Waals surface area contributed by atoms with Crippen molar-refractivity contribution in [1.29, 1.82) is 0 Å². The van der Waals surface area contributed by atoms with E-state index in [9.17, 15) is 9.59 Å². The molecular weight excluding hydrogens is 296 g/mol. The minimum absolute atomic E-state index is 0.132. The van der Waals surface area contributed by atoms with Gasteiger partial charge in [0.25, 0.3) is 5.91 Å². The Hall–Kier alpha value is -2.63. The number of ether oxygens (including phenoxy) is 1. The number of amides is 1. The maximum Gasteiger partial charge on any atom is 0.325 e. The normalized spacial score (nSPS) is 10.4. The first-order valence-corrected chi connectivity index (χ1v) is 7.43. The van der Waals surface area contributed by atoms with E-state index in [0.717, 1.165) is 11.1 Å². The molecule has 0 radical (unpaired) electrons. The quantitative estimate of drug-likeness (QED) is 0.766. The third-order valence-electron chi connectivity index (χ3n) is 3.25. The fourth-order valence-electron chi connectivity index (χ4n) is 2.11. The van der Waals surface area contributed by atoms with Gasteiger partial charge in [0.15, 0.2) is 5.69 Å². The number of carbonyl (C=O) groups excluding carboxylic acids is 2. The topological polar surface area (TPSA) is 72.6 Å². The number of aromatic nitrogens is 1. The van der Waals surface area contributed by atoms with E-state index >= 15 is 0 Å². The van der Waals surface area contributed by atoms with E-state index in [1.54, 1.807) is 19.9 Å². The van der Waals surface area contributed by atoms with Crippen molar-refractivity contribution >= 4 is 11.9 Å². The number of hydrogen-bond donors (Lipinski definition) is 0. The Morgan fingerprint density at radius 1 is 1.22 bits per heavy atom. The van der Waals surface area contributed by atoms with Crippen LogP contribution in [-0.4, -0.2) is 35.1 Å². The van der Waals surface area contributed by atoms with Crippen LogP contribution in [0.4, 0.5) is 0 Å². The molecule has 2 aromatic rings. The number of hydrogen-bond acceptors (Lipinski definition) is 5. The first kappa shape index (κ1) is 16.7. The SMILES string of the molecule is CCOC(=O)CN(Cc1ccc(C)cc1)C(=O)c1cc(C)on1. The van der Waals surface area contributed by atoms with Crippen LogP contribution in [0.15, 0.2) is 34.9 Å². The maximum atomic E-state index is 12.6. The lowest BCUT2D eigenvalue weighted by molar-refractivity contribution is -0.143. The van der Waals surface area contributed by atoms with Crippen molar-refractivity contribution in [3.8, 4) is 0 Å². The highest BCUT2D eigenvalue weighted by atomic mass is 16.5. The minimum Gasteiger partial charge on any atom is -0.465 e. The highest BCUT2D eigenvalue weighted by Gasteiger charge is 2.22. The Morgan fingerprint density at radius 3 is 2.48 bits per heavy atom. The fourth-order valence-corrected chi connectivity index (χ4v) is 2.11. The molecule has 0 aliphatic rings. The molecule has 0 spiro atoms. The molecule has 0 aliphatic carbocycles. The lowest BCUT2D eigenvalue weighted by atomic mass is 10.1. The molecule has 0 N–H and O–H groups in total. The summed E-state index contributed by atoms with van der Waals surface area (Å²) in [5.74, 6) is -0.275. The van der Waals surface area contributed by atoms with Gasteiger partial charge in [0.05, 0.1) is 6.61 Å². The smallest absolute Gasteiger partial charge is 0.325 e. The summed E-state index contributed by atoms with van der Waals surface area (Å²) in [6.45, 7) is 5.86. The molecule has 0 unspecified atom stereocenters. The van der Waals surface area contributed by atoms with Gasteiger partial charge in [0, 0.05) is 12.6 Å². The third kappa shape index (κ3) is 4.67. The van der Waals surface area contributed by atoms with Gasteiger partial charge in [-0.2, -0.15) is 0 Å². The molecule has 0 saturated heterocycles. The van der Waals surface area contributed by atoms with Crippen LogP contribution in [0.5, 0.6) is 0 Å². The molecule has 6 heteroatoms. The van der Waals surface area contributed by atoms with Crippen LogP contribution in [0.25, 0.3) is 0 Å². The molecule has 23 heavy (non-hydrogen) atoms. The van der Waals surface area contributed by atoms with E-state index in [0.29, 0.717) is 12.3 Å². The summed E-state index contributed by atoms with van der Waals surface area (Å²) in [5, 5.41) is 3.73. The standard InChI is InChI=1S/C17H20N2O4/c1-4-22-16(20)11-19(10-14-7-5-12(2)6-8-14)17(21)15-9-13(3)23-18-15/h5-9H,4,10-11H2,1-3H3. The van der Waals surface area contributed by atoms with Gasteiger partial charge in [-0.3, -0.25) is 9.59 Å². The number of rotatable bonds is 6. The number of aryl methyl sites for hydroxylation is 2. The van der Waals surface area contributed by atoms with Gasteiger partial charge in [0.2, 0.25) is 0 Å². The van der Waals surface area contributed by atoms with Gasteiger partial charge >= 0.3 is 5.97 Å². The summed E-state index contributed by atoms with van der Waals surface area (Å²) in [6, 6.07) is 9.32. The fraction of sp³-hybridized carbons (Fsp3) is 0.353. The summed E-state index contributed by atoms with van der Waals surface area (Å²) in [4.78, 5) is 25.7. The van der Waals surface area contributed by atoms with Crippen molar-refractivity contribution < 1.29 is 18.8 Å². The van der Waals surface area contributed by atoms with Crippen LogP contribution < -0.4 is 0 Å². The first-order chi connectivity index (χ1) is 11.0. The van der Waals surface area contributed by atoms with Crippen LogP contribution in [0, 0.1) is 13.8 Å². The van der Waals surface area contributed by atoms with Gasteiger partial charge in [-0.05, 0) is 26.3 Å². The Morgan fingerprint density at radius 2 is 1.91 bits per heavy atom. The Bertz CT molecular complexity index is 676. The number of carbonyl (C=O) groups is 2. The summed E-state index contributed by atoms with van der Waals surface area (Å²) in [5.41, 5.74) is 2.23. The summed E-state index contributed by atoms with van der Waals surface area (Å²) in [6.07, 6.45) is 0. The van der Waals surface area contributed by atoms with Crippen molar-refractivity contribution in [1.82, 2.24) is 10.1 Å². The Balaban J connectivity index is 2.18. The van der Waals surface area contributed by atoms with Crippen molar-refractivity contribution in [3.05, 3.63) is 52.9 Å². The van der Waals surface area contributed by atoms with Crippen LogP contribution >= 0.6 is 0 Å². The average Bonchev–Trinajstić information content (AvgIpc) is 2.95. The summed E-state index contributed by atoms with van der Waals surface area (Å²) in [7, 11) is 0. The van der Waals surface area contributed by atoms with Crippen molar-refractivity contribution in [2.45, 2.75) is 27.3 Å². The number of benzene rings is 1. The molecule has 0 bridgehead atoms. The van der Waals surface area contributed by atoms with E-state index in [-0.39, 0.29) is 24.8 Å². The van der Waals surface area contributed by atoms with Gasteiger partial charge < -0.3 is 14.2 Å². The van der Waals surface area contributed by atoms with Crippen LogP contribution in [0.2, 0.25) is 0 Å². The maximum absolute atomic E-state index is 12.6. The molecular formula is C17H20N2O4. The van der Waals surface area contributed by atoms with Crippen LogP contribution in [0.3, 0.4) is 0 Å². The summed E-state index contributed by atoms with van der Waals surface area (Å²) < 4.78 is 9.88. The molecule has 122 valence electrons. The van der Waals surface area contributed by atoms with Crippen LogP contribution in [-0.2, 0) is 16.1 Å². The van der Waals surface area contributed by atoms with Gasteiger partial charge in [-0.15, -0.1) is 0 Å². The molecule has 1 aromatic heterocycles. The molecule has 0 fully saturated rings. The molecule has 6 nitrogen and oxygen atoms in total. The highest BCUT2D eigenvalue weighted by Crippen LogP contribution is 2.12. The zero-order valence-electron chi connectivity index (χ0n) is 13.5. The van der Waals surface area contributed by atoms with Crippen LogP contribution in [0.1, 0.15) is 34.3 Å². The monoisotopic (exact) mass is 316 g/mol. The highest BCUT2D eigenvalue weighted by molar-refractivity contribution is 5.94. The van der Waals surface area contributed by atoms with E-state index in [1.165, 1.54) is 4.90 Å². The van der Waals surface area contributed by atoms with Gasteiger partial charge in [0.1, 0.15) is 12.3 Å². The predicted molar refractivity (Wildman–Crippen MR) is 83.8 cm³/mol. The second-order valence-electron chi connectivity index (χ2n) is 5.27. The van der Waals surface area contributed by atoms with E-state index in [2.05, 4.69) is 5.16 Å². The lowest BCUT2D eigenvalue weighted by Gasteiger charge is -2.20. The van der Waals surface area contributed by atoms with E-state index in [4.69, 9.17) is 9.26 Å². The zero-order valence-corrected chi connectivity index (χ0v) is 13.5. The molecule has 0 atom stereocenters. The molecule has 0 aliphatic heterocycles. The second kappa shape index (κ2) is 7.58. The molecule has 1 heterocycles. The Labute approximate surface area is 135 Å². The van der Waals surface area contributed by atoms with Gasteiger partial charge in [-0.1, -0.05) is 35.0 Å². The number of esters is 1. The molecule has 1 amide bonds. The average molecular weight is 316 g/mol. The summed E-state index contributed by atoms with van der Waals surface area (Å²) >= 11 is 0. The van der Waals surface area contributed by atoms with Gasteiger partial charge in [-0.25, -0.2) is 0 Å². The first-order valence-electron chi connectivity index (χ1n) is 7.43. The number of nitrogens with zero attached hydrogens (tertiary/aromatic N) is 2. The van der Waals surface area contributed by atoms with Crippen molar-refractivity contribution in [3.63, 3.8) is 0 Å². The lowest BCUT2D eigenvalue weighted by Crippen LogP contribution is -2.36. The van der Waals surface area contributed by atoms with Crippen molar-refractivity contribution in [2.24, 2.45) is 0 Å². The predicted octanol–water partition coefficient (Wildman–Crippen LogP) is 2.50. The molecule has 0 saturated carbocycles. The minimum atomic E-state index is -0.451. The Kier molecular flexibility index (Phi) is 5.51. The van der Waals surface area contributed by atoms with E-state index < -0.39 is 5.97 Å². The van der Waals surface area contributed by atoms with E-state index in [1.807, 2.05) is 31.2 Å².